The second-order valence-corrected chi connectivity index (χ2v) is 6.80. The fraction of sp³-hybridized carbons (Fsp3) is 0.0769. The molecule has 0 aliphatic carbocycles. The number of thiophene rings is 1. The minimum atomic E-state index is -0.399. The van der Waals surface area contributed by atoms with Crippen LogP contribution in [0.1, 0.15) is 20.8 Å². The van der Waals surface area contributed by atoms with E-state index in [9.17, 15) is 4.79 Å². The lowest BCUT2D eigenvalue weighted by molar-refractivity contribution is 0.0478. The Labute approximate surface area is 131 Å². The molecule has 0 radical (unpaired) electrons. The highest BCUT2D eigenvalue weighted by Gasteiger charge is 2.14. The molecule has 1 aromatic heterocycles. The maximum atomic E-state index is 11.8. The van der Waals surface area contributed by atoms with Gasteiger partial charge in [-0.15, -0.1) is 11.3 Å². The van der Waals surface area contributed by atoms with Crippen LogP contribution < -0.4 is 0 Å². The maximum absolute atomic E-state index is 11.8. The monoisotopic (exact) mass is 399 g/mol. The SMILES string of the molecule is N#Cc1ccccc1COC(=O)c1cc(Br)c(Br)s1. The number of halogens is 2. The summed E-state index contributed by atoms with van der Waals surface area (Å²) in [6.45, 7) is 0.0930. The average molecular weight is 401 g/mol. The number of esters is 1. The third-order valence-corrected chi connectivity index (χ3v) is 5.58. The molecule has 0 unspecified atom stereocenters. The molecule has 0 bridgehead atoms. The van der Waals surface area contributed by atoms with Crippen molar-refractivity contribution >= 4 is 49.2 Å². The highest BCUT2D eigenvalue weighted by molar-refractivity contribution is 9.13. The Kier molecular flexibility index (Phi) is 4.75. The first kappa shape index (κ1) is 14.3. The summed E-state index contributed by atoms with van der Waals surface area (Å²) in [5, 5.41) is 8.94. The van der Waals surface area contributed by atoms with Crippen molar-refractivity contribution in [2.75, 3.05) is 0 Å². The van der Waals surface area contributed by atoms with Crippen LogP contribution in [-0.4, -0.2) is 5.97 Å². The predicted octanol–water partition coefficient (Wildman–Crippen LogP) is 4.50. The van der Waals surface area contributed by atoms with Crippen LogP contribution in [0.3, 0.4) is 0 Å². The molecule has 2 aromatic rings. The van der Waals surface area contributed by atoms with Crippen LogP contribution >= 0.6 is 43.2 Å². The Morgan fingerprint density at radius 3 is 2.74 bits per heavy atom. The van der Waals surface area contributed by atoms with Gasteiger partial charge in [-0.05, 0) is 44.0 Å². The molecule has 0 spiro atoms. The summed E-state index contributed by atoms with van der Waals surface area (Å²) in [7, 11) is 0. The Balaban J connectivity index is 2.07. The molecule has 6 heteroatoms. The normalized spacial score (nSPS) is 9.95. The van der Waals surface area contributed by atoms with Crippen molar-refractivity contribution < 1.29 is 9.53 Å². The summed E-state index contributed by atoms with van der Waals surface area (Å²) < 4.78 is 6.87. The standard InChI is InChI=1S/C13H7Br2NO2S/c14-10-5-11(19-12(10)15)13(17)18-7-9-4-2-1-3-8(9)6-16/h1-5H,7H2. The average Bonchev–Trinajstić information content (AvgIpc) is 2.76. The maximum Gasteiger partial charge on any atom is 0.348 e. The number of hydrogen-bond donors (Lipinski definition) is 0. The second kappa shape index (κ2) is 6.33. The van der Waals surface area contributed by atoms with Crippen LogP contribution in [-0.2, 0) is 11.3 Å². The van der Waals surface area contributed by atoms with E-state index in [0.29, 0.717) is 16.0 Å². The first-order chi connectivity index (χ1) is 9.11. The minimum absolute atomic E-state index is 0.0930. The zero-order chi connectivity index (χ0) is 13.8. The van der Waals surface area contributed by atoms with E-state index in [-0.39, 0.29) is 6.61 Å². The van der Waals surface area contributed by atoms with Gasteiger partial charge < -0.3 is 4.74 Å². The minimum Gasteiger partial charge on any atom is -0.457 e. The summed E-state index contributed by atoms with van der Waals surface area (Å²) in [5.74, 6) is -0.399. The van der Waals surface area contributed by atoms with Gasteiger partial charge in [0.25, 0.3) is 0 Å². The quantitative estimate of drug-likeness (QED) is 0.712. The van der Waals surface area contributed by atoms with Crippen molar-refractivity contribution in [1.29, 1.82) is 5.26 Å². The lowest BCUT2D eigenvalue weighted by Gasteiger charge is -2.04. The number of nitriles is 1. The molecule has 0 atom stereocenters. The Morgan fingerprint density at radius 2 is 2.11 bits per heavy atom. The number of ether oxygens (including phenoxy) is 1. The van der Waals surface area contributed by atoms with Crippen LogP contribution in [0.15, 0.2) is 38.6 Å². The van der Waals surface area contributed by atoms with Gasteiger partial charge in [0.05, 0.1) is 15.4 Å². The molecular weight excluding hydrogens is 394 g/mol. The van der Waals surface area contributed by atoms with Crippen LogP contribution in [0.5, 0.6) is 0 Å². The third-order valence-electron chi connectivity index (χ3n) is 2.34. The molecule has 0 fully saturated rings. The highest BCUT2D eigenvalue weighted by atomic mass is 79.9. The molecule has 1 aromatic carbocycles. The van der Waals surface area contributed by atoms with E-state index in [1.807, 2.05) is 6.07 Å². The van der Waals surface area contributed by atoms with Gasteiger partial charge in [-0.2, -0.15) is 5.26 Å². The molecule has 0 saturated heterocycles. The van der Waals surface area contributed by atoms with Crippen molar-refractivity contribution in [3.63, 3.8) is 0 Å². The van der Waals surface area contributed by atoms with E-state index in [0.717, 1.165) is 8.26 Å². The van der Waals surface area contributed by atoms with Gasteiger partial charge in [0, 0.05) is 10.0 Å². The van der Waals surface area contributed by atoms with Crippen molar-refractivity contribution in [3.8, 4) is 6.07 Å². The van der Waals surface area contributed by atoms with Gasteiger partial charge in [0.1, 0.15) is 11.5 Å². The lowest BCUT2D eigenvalue weighted by atomic mass is 10.1. The number of carbonyl (C=O) groups excluding carboxylic acids is 1. The van der Waals surface area contributed by atoms with E-state index < -0.39 is 5.97 Å². The lowest BCUT2D eigenvalue weighted by Crippen LogP contribution is -2.04. The number of benzene rings is 1. The molecule has 2 rings (SSSR count). The van der Waals surface area contributed by atoms with Crippen molar-refractivity contribution in [2.45, 2.75) is 6.61 Å². The fourth-order valence-electron chi connectivity index (χ4n) is 1.42. The molecule has 0 saturated carbocycles. The molecular formula is C13H7Br2NO2S. The molecule has 3 nitrogen and oxygen atoms in total. The molecule has 96 valence electrons. The molecule has 0 aliphatic rings. The van der Waals surface area contributed by atoms with Crippen LogP contribution in [0.4, 0.5) is 0 Å². The fourth-order valence-corrected chi connectivity index (χ4v) is 3.35. The van der Waals surface area contributed by atoms with Gasteiger partial charge in [0.15, 0.2) is 0 Å². The van der Waals surface area contributed by atoms with Gasteiger partial charge in [0.2, 0.25) is 0 Å². The third kappa shape index (κ3) is 3.44. The summed E-state index contributed by atoms with van der Waals surface area (Å²) >= 11 is 7.94. The molecule has 0 N–H and O–H groups in total. The van der Waals surface area contributed by atoms with Gasteiger partial charge in [-0.3, -0.25) is 0 Å². The highest BCUT2D eigenvalue weighted by Crippen LogP contribution is 2.32. The zero-order valence-electron chi connectivity index (χ0n) is 9.52. The van der Waals surface area contributed by atoms with E-state index >= 15 is 0 Å². The van der Waals surface area contributed by atoms with Gasteiger partial charge in [-0.25, -0.2) is 4.79 Å². The van der Waals surface area contributed by atoms with E-state index in [2.05, 4.69) is 37.9 Å². The largest absolute Gasteiger partial charge is 0.457 e. The van der Waals surface area contributed by atoms with Crippen LogP contribution in [0, 0.1) is 11.3 Å². The summed E-state index contributed by atoms with van der Waals surface area (Å²) in [6, 6.07) is 10.8. The smallest absolute Gasteiger partial charge is 0.348 e. The number of rotatable bonds is 3. The summed E-state index contributed by atoms with van der Waals surface area (Å²) in [5.41, 5.74) is 1.22. The van der Waals surface area contributed by atoms with Crippen molar-refractivity contribution in [3.05, 3.63) is 54.6 Å². The molecule has 0 amide bonds. The van der Waals surface area contributed by atoms with Crippen LogP contribution in [0.25, 0.3) is 0 Å². The summed E-state index contributed by atoms with van der Waals surface area (Å²) in [4.78, 5) is 12.4. The Bertz CT molecular complexity index is 641. The Hall–Kier alpha value is -1.16. The first-order valence-electron chi connectivity index (χ1n) is 5.21. The number of nitrogens with zero attached hydrogens (tertiary/aromatic N) is 1. The van der Waals surface area contributed by atoms with Crippen molar-refractivity contribution in [2.24, 2.45) is 0 Å². The number of carbonyl (C=O) groups is 1. The zero-order valence-corrected chi connectivity index (χ0v) is 13.5. The van der Waals surface area contributed by atoms with Gasteiger partial charge in [-0.1, -0.05) is 18.2 Å². The molecule has 1 heterocycles. The summed E-state index contributed by atoms with van der Waals surface area (Å²) in [6.07, 6.45) is 0. The van der Waals surface area contributed by atoms with E-state index in [1.54, 1.807) is 24.3 Å². The van der Waals surface area contributed by atoms with Crippen LogP contribution in [0.2, 0.25) is 0 Å². The topological polar surface area (TPSA) is 50.1 Å². The van der Waals surface area contributed by atoms with E-state index in [1.165, 1.54) is 11.3 Å². The van der Waals surface area contributed by atoms with Crippen molar-refractivity contribution in [1.82, 2.24) is 0 Å². The second-order valence-electron chi connectivity index (χ2n) is 3.58. The first-order valence-corrected chi connectivity index (χ1v) is 7.62. The van der Waals surface area contributed by atoms with Gasteiger partial charge >= 0.3 is 5.97 Å². The molecule has 0 aliphatic heterocycles. The molecule has 19 heavy (non-hydrogen) atoms. The Morgan fingerprint density at radius 1 is 1.37 bits per heavy atom. The van der Waals surface area contributed by atoms with E-state index in [4.69, 9.17) is 10.00 Å². The predicted molar refractivity (Wildman–Crippen MR) is 80.0 cm³/mol. The number of hydrogen-bond acceptors (Lipinski definition) is 4.